The number of piperidine rings is 1. The minimum Gasteiger partial charge on any atom is -0.370 e. The molecule has 1 aliphatic heterocycles. The molecule has 0 spiro atoms. The molecule has 0 aliphatic carbocycles. The molecule has 1 aromatic rings. The van der Waals surface area contributed by atoms with Gasteiger partial charge in [-0.3, -0.25) is 10.1 Å². The van der Waals surface area contributed by atoms with Crippen molar-refractivity contribution in [3.63, 3.8) is 0 Å². The predicted octanol–water partition coefficient (Wildman–Crippen LogP) is 1.39. The van der Waals surface area contributed by atoms with Gasteiger partial charge in [-0.05, 0) is 25.0 Å². The summed E-state index contributed by atoms with van der Waals surface area (Å²) in [6, 6.07) is 6.62. The summed E-state index contributed by atoms with van der Waals surface area (Å²) >= 11 is 0. The summed E-state index contributed by atoms with van der Waals surface area (Å²) in [7, 11) is 0. The number of benzene rings is 1. The molecule has 1 atom stereocenters. The number of nitrogens with zero attached hydrogens (tertiary/aromatic N) is 3. The number of nitriles is 1. The normalized spacial score (nSPS) is 19.3. The van der Waals surface area contributed by atoms with Crippen LogP contribution in [0.3, 0.4) is 0 Å². The van der Waals surface area contributed by atoms with E-state index >= 15 is 0 Å². The Morgan fingerprint density at radius 3 is 2.94 bits per heavy atom. The van der Waals surface area contributed by atoms with Crippen molar-refractivity contribution in [3.8, 4) is 6.07 Å². The van der Waals surface area contributed by atoms with Crippen molar-refractivity contribution in [1.29, 1.82) is 5.26 Å². The Morgan fingerprint density at radius 1 is 1.56 bits per heavy atom. The smallest absolute Gasteiger partial charge is 0.289 e. The highest BCUT2D eigenvalue weighted by atomic mass is 16.6. The number of hydrogen-bond acceptors (Lipinski definition) is 5. The average molecular weight is 246 g/mol. The fourth-order valence-corrected chi connectivity index (χ4v) is 2.21. The lowest BCUT2D eigenvalue weighted by atomic mass is 10.1. The minimum absolute atomic E-state index is 0.0880. The fraction of sp³-hybridized carbons (Fsp3) is 0.417. The van der Waals surface area contributed by atoms with Gasteiger partial charge in [0, 0.05) is 30.9 Å². The third-order valence-electron chi connectivity index (χ3n) is 3.12. The predicted molar refractivity (Wildman–Crippen MR) is 67.2 cm³/mol. The number of nitro groups is 1. The summed E-state index contributed by atoms with van der Waals surface area (Å²) in [5.41, 5.74) is 6.59. The molecule has 18 heavy (non-hydrogen) atoms. The maximum absolute atomic E-state index is 10.9. The first-order valence-corrected chi connectivity index (χ1v) is 5.81. The summed E-state index contributed by atoms with van der Waals surface area (Å²) in [6.07, 6.45) is 1.96. The van der Waals surface area contributed by atoms with Crippen molar-refractivity contribution in [2.45, 2.75) is 18.9 Å². The third kappa shape index (κ3) is 2.41. The van der Waals surface area contributed by atoms with E-state index in [0.29, 0.717) is 6.54 Å². The van der Waals surface area contributed by atoms with Crippen LogP contribution in [0.4, 0.5) is 11.4 Å². The highest BCUT2D eigenvalue weighted by Gasteiger charge is 2.20. The quantitative estimate of drug-likeness (QED) is 0.628. The zero-order valence-electron chi connectivity index (χ0n) is 9.87. The summed E-state index contributed by atoms with van der Waals surface area (Å²) in [4.78, 5) is 12.4. The van der Waals surface area contributed by atoms with Crippen LogP contribution in [0.5, 0.6) is 0 Å². The van der Waals surface area contributed by atoms with E-state index in [1.165, 1.54) is 12.1 Å². The number of nitrogens with two attached hydrogens (primary N) is 1. The van der Waals surface area contributed by atoms with Gasteiger partial charge in [0.1, 0.15) is 11.6 Å². The molecular formula is C12H14N4O2. The molecule has 1 heterocycles. The van der Waals surface area contributed by atoms with Crippen molar-refractivity contribution in [2.24, 2.45) is 5.73 Å². The largest absolute Gasteiger partial charge is 0.370 e. The summed E-state index contributed by atoms with van der Waals surface area (Å²) in [6.45, 7) is 1.54. The van der Waals surface area contributed by atoms with Crippen LogP contribution < -0.4 is 10.6 Å². The maximum atomic E-state index is 10.9. The second-order valence-corrected chi connectivity index (χ2v) is 4.42. The van der Waals surface area contributed by atoms with Crippen LogP contribution in [0, 0.1) is 21.4 Å². The van der Waals surface area contributed by atoms with Crippen LogP contribution in [0.15, 0.2) is 18.2 Å². The third-order valence-corrected chi connectivity index (χ3v) is 3.12. The molecule has 0 bridgehead atoms. The summed E-state index contributed by atoms with van der Waals surface area (Å²) in [5, 5.41) is 19.7. The van der Waals surface area contributed by atoms with E-state index in [2.05, 4.69) is 0 Å². The molecule has 0 radical (unpaired) electrons. The fourth-order valence-electron chi connectivity index (χ4n) is 2.21. The first-order chi connectivity index (χ1) is 8.61. The molecule has 1 aromatic carbocycles. The van der Waals surface area contributed by atoms with Crippen LogP contribution in [0.2, 0.25) is 0 Å². The van der Waals surface area contributed by atoms with Gasteiger partial charge in [0.05, 0.1) is 4.92 Å². The number of rotatable bonds is 2. The molecule has 0 amide bonds. The minimum atomic E-state index is -0.522. The highest BCUT2D eigenvalue weighted by Crippen LogP contribution is 2.26. The Bertz CT molecular complexity index is 509. The van der Waals surface area contributed by atoms with Gasteiger partial charge in [0.2, 0.25) is 0 Å². The second kappa shape index (κ2) is 5.02. The zero-order valence-corrected chi connectivity index (χ0v) is 9.87. The lowest BCUT2D eigenvalue weighted by Gasteiger charge is -2.32. The van der Waals surface area contributed by atoms with Crippen molar-refractivity contribution in [1.82, 2.24) is 0 Å². The Morgan fingerprint density at radius 2 is 2.33 bits per heavy atom. The van der Waals surface area contributed by atoms with E-state index in [9.17, 15) is 10.1 Å². The monoisotopic (exact) mass is 246 g/mol. The maximum Gasteiger partial charge on any atom is 0.289 e. The first-order valence-electron chi connectivity index (χ1n) is 5.81. The average Bonchev–Trinajstić information content (AvgIpc) is 2.38. The van der Waals surface area contributed by atoms with Crippen LogP contribution in [-0.4, -0.2) is 24.1 Å². The van der Waals surface area contributed by atoms with Crippen LogP contribution in [0.1, 0.15) is 18.4 Å². The van der Waals surface area contributed by atoms with E-state index in [4.69, 9.17) is 11.0 Å². The first kappa shape index (κ1) is 12.3. The molecule has 0 aromatic heterocycles. The molecule has 1 unspecified atom stereocenters. The summed E-state index contributed by atoms with van der Waals surface area (Å²) < 4.78 is 0. The van der Waals surface area contributed by atoms with Crippen LogP contribution in [-0.2, 0) is 0 Å². The highest BCUT2D eigenvalue weighted by molar-refractivity contribution is 5.60. The van der Waals surface area contributed by atoms with Gasteiger partial charge in [-0.15, -0.1) is 0 Å². The standard InChI is InChI=1S/C12H14N4O2/c13-7-9-3-4-11(6-12(9)16(17)18)15-5-1-2-10(14)8-15/h3-4,6,10H,1-2,5,8,14H2. The number of anilines is 1. The molecule has 1 saturated heterocycles. The van der Waals surface area contributed by atoms with Crippen molar-refractivity contribution in [2.75, 3.05) is 18.0 Å². The Labute approximate surface area is 105 Å². The van der Waals surface area contributed by atoms with E-state index < -0.39 is 4.92 Å². The second-order valence-electron chi connectivity index (χ2n) is 4.42. The molecule has 1 fully saturated rings. The Kier molecular flexibility index (Phi) is 3.44. The molecular weight excluding hydrogens is 232 g/mol. The number of nitro benzene ring substituents is 1. The molecule has 2 N–H and O–H groups in total. The van der Waals surface area contributed by atoms with Gasteiger partial charge in [-0.25, -0.2) is 0 Å². The zero-order chi connectivity index (χ0) is 13.1. The van der Waals surface area contributed by atoms with Crippen LogP contribution >= 0.6 is 0 Å². The molecule has 6 heteroatoms. The number of hydrogen-bond donors (Lipinski definition) is 1. The summed E-state index contributed by atoms with van der Waals surface area (Å²) in [5.74, 6) is 0. The van der Waals surface area contributed by atoms with Crippen molar-refractivity contribution >= 4 is 11.4 Å². The molecule has 94 valence electrons. The van der Waals surface area contributed by atoms with Gasteiger partial charge in [0.25, 0.3) is 5.69 Å². The SMILES string of the molecule is N#Cc1ccc(N2CCCC(N)C2)cc1[N+](=O)[O-]. The van der Waals surface area contributed by atoms with Gasteiger partial charge in [0.15, 0.2) is 0 Å². The Balaban J connectivity index is 2.32. The van der Waals surface area contributed by atoms with Gasteiger partial charge < -0.3 is 10.6 Å². The van der Waals surface area contributed by atoms with Crippen molar-refractivity contribution in [3.05, 3.63) is 33.9 Å². The molecule has 6 nitrogen and oxygen atoms in total. The van der Waals surface area contributed by atoms with Crippen LogP contribution in [0.25, 0.3) is 0 Å². The van der Waals surface area contributed by atoms with Gasteiger partial charge >= 0.3 is 0 Å². The lowest BCUT2D eigenvalue weighted by molar-refractivity contribution is -0.385. The van der Waals surface area contributed by atoms with E-state index in [-0.39, 0.29) is 17.3 Å². The topological polar surface area (TPSA) is 96.2 Å². The van der Waals surface area contributed by atoms with Crippen molar-refractivity contribution < 1.29 is 4.92 Å². The van der Waals surface area contributed by atoms with E-state index in [1.807, 2.05) is 11.0 Å². The van der Waals surface area contributed by atoms with E-state index in [0.717, 1.165) is 25.1 Å². The van der Waals surface area contributed by atoms with E-state index in [1.54, 1.807) is 6.07 Å². The van der Waals surface area contributed by atoms with Gasteiger partial charge in [-0.2, -0.15) is 5.26 Å². The lowest BCUT2D eigenvalue weighted by Crippen LogP contribution is -2.42. The molecule has 1 aliphatic rings. The van der Waals surface area contributed by atoms with Gasteiger partial charge in [-0.1, -0.05) is 0 Å². The molecule has 0 saturated carbocycles. The Hall–Kier alpha value is -2.13. The molecule has 2 rings (SSSR count).